The Morgan fingerprint density at radius 3 is 3.00 bits per heavy atom. The maximum absolute atomic E-state index is 11.5. The molecule has 0 saturated carbocycles. The van der Waals surface area contributed by atoms with Crippen molar-refractivity contribution in [3.8, 4) is 0 Å². The molecule has 0 amide bonds. The molecule has 0 saturated heterocycles. The Morgan fingerprint density at radius 2 is 2.33 bits per heavy atom. The molecule has 3 nitrogen and oxygen atoms in total. The number of hydrogen-bond acceptors (Lipinski definition) is 4. The Hall–Kier alpha value is -1.39. The molecule has 0 spiro atoms. The van der Waals surface area contributed by atoms with Crippen LogP contribution in [0.3, 0.4) is 0 Å². The van der Waals surface area contributed by atoms with E-state index in [-0.39, 0.29) is 5.97 Å². The molecule has 4 heteroatoms. The molecule has 0 atom stereocenters. The SMILES string of the molecule is COC(=O)c1cccc2c(CN)csc12. The molecule has 15 heavy (non-hydrogen) atoms. The van der Waals surface area contributed by atoms with Crippen molar-refractivity contribution in [1.82, 2.24) is 0 Å². The number of hydrogen-bond donors (Lipinski definition) is 1. The van der Waals surface area contributed by atoms with Crippen LogP contribution in [0, 0.1) is 0 Å². The minimum atomic E-state index is -0.300. The highest BCUT2D eigenvalue weighted by Gasteiger charge is 2.12. The summed E-state index contributed by atoms with van der Waals surface area (Å²) in [5, 5.41) is 3.03. The van der Waals surface area contributed by atoms with Crippen molar-refractivity contribution in [3.05, 3.63) is 34.7 Å². The maximum atomic E-state index is 11.5. The van der Waals surface area contributed by atoms with Crippen molar-refractivity contribution in [1.29, 1.82) is 0 Å². The molecule has 1 heterocycles. The predicted octanol–water partition coefficient (Wildman–Crippen LogP) is 2.15. The van der Waals surface area contributed by atoms with Crippen molar-refractivity contribution in [2.45, 2.75) is 6.54 Å². The van der Waals surface area contributed by atoms with E-state index in [4.69, 9.17) is 10.5 Å². The Balaban J connectivity index is 2.67. The van der Waals surface area contributed by atoms with E-state index in [2.05, 4.69) is 0 Å². The fourth-order valence-electron chi connectivity index (χ4n) is 1.54. The zero-order chi connectivity index (χ0) is 10.8. The van der Waals surface area contributed by atoms with E-state index in [0.717, 1.165) is 15.6 Å². The number of carbonyl (C=O) groups excluding carboxylic acids is 1. The van der Waals surface area contributed by atoms with Crippen LogP contribution in [0.5, 0.6) is 0 Å². The van der Waals surface area contributed by atoms with Crippen LogP contribution >= 0.6 is 11.3 Å². The summed E-state index contributed by atoms with van der Waals surface area (Å²) in [6.07, 6.45) is 0. The van der Waals surface area contributed by atoms with Gasteiger partial charge >= 0.3 is 5.97 Å². The largest absolute Gasteiger partial charge is 0.465 e. The fourth-order valence-corrected chi connectivity index (χ4v) is 2.63. The molecule has 2 aromatic rings. The van der Waals surface area contributed by atoms with E-state index in [1.807, 2.05) is 17.5 Å². The van der Waals surface area contributed by atoms with Crippen LogP contribution in [0.2, 0.25) is 0 Å². The summed E-state index contributed by atoms with van der Waals surface area (Å²) in [6.45, 7) is 0.491. The van der Waals surface area contributed by atoms with Crippen LogP contribution in [0.15, 0.2) is 23.6 Å². The molecule has 0 fully saturated rings. The van der Waals surface area contributed by atoms with Crippen LogP contribution in [0.1, 0.15) is 15.9 Å². The molecule has 0 unspecified atom stereocenters. The summed E-state index contributed by atoms with van der Waals surface area (Å²) in [5.74, 6) is -0.300. The Kier molecular flexibility index (Phi) is 2.70. The summed E-state index contributed by atoms with van der Waals surface area (Å²) in [4.78, 5) is 11.5. The lowest BCUT2D eigenvalue weighted by molar-refractivity contribution is 0.0603. The van der Waals surface area contributed by atoms with E-state index >= 15 is 0 Å². The molecule has 0 aliphatic carbocycles. The number of ether oxygens (including phenoxy) is 1. The van der Waals surface area contributed by atoms with Gasteiger partial charge in [0.1, 0.15) is 0 Å². The van der Waals surface area contributed by atoms with Crippen LogP contribution in [0.4, 0.5) is 0 Å². The van der Waals surface area contributed by atoms with Gasteiger partial charge in [-0.15, -0.1) is 11.3 Å². The number of thiophene rings is 1. The van der Waals surface area contributed by atoms with Crippen molar-refractivity contribution < 1.29 is 9.53 Å². The van der Waals surface area contributed by atoms with Gasteiger partial charge in [-0.25, -0.2) is 4.79 Å². The Labute approximate surface area is 91.5 Å². The van der Waals surface area contributed by atoms with Crippen molar-refractivity contribution in [2.75, 3.05) is 7.11 Å². The summed E-state index contributed by atoms with van der Waals surface area (Å²) >= 11 is 1.53. The molecular formula is C11H11NO2S. The summed E-state index contributed by atoms with van der Waals surface area (Å²) in [7, 11) is 1.39. The Bertz CT molecular complexity index is 504. The second-order valence-electron chi connectivity index (χ2n) is 3.14. The molecule has 1 aromatic carbocycles. The summed E-state index contributed by atoms with van der Waals surface area (Å²) < 4.78 is 5.67. The molecule has 78 valence electrons. The topological polar surface area (TPSA) is 52.3 Å². The molecule has 0 aliphatic heterocycles. The standard InChI is InChI=1S/C11H11NO2S/c1-14-11(13)9-4-2-3-8-7(5-12)6-15-10(8)9/h2-4,6H,5,12H2,1H3. The number of benzene rings is 1. The van der Waals surface area contributed by atoms with Crippen molar-refractivity contribution in [3.63, 3.8) is 0 Å². The van der Waals surface area contributed by atoms with Gasteiger partial charge in [0.2, 0.25) is 0 Å². The van der Waals surface area contributed by atoms with Crippen LogP contribution in [-0.4, -0.2) is 13.1 Å². The first-order chi connectivity index (χ1) is 7.27. The van der Waals surface area contributed by atoms with E-state index in [1.165, 1.54) is 18.4 Å². The number of nitrogens with two attached hydrogens (primary N) is 1. The van der Waals surface area contributed by atoms with Crippen molar-refractivity contribution >= 4 is 27.4 Å². The first-order valence-electron chi connectivity index (χ1n) is 4.55. The normalized spacial score (nSPS) is 10.5. The van der Waals surface area contributed by atoms with E-state index in [0.29, 0.717) is 12.1 Å². The second-order valence-corrected chi connectivity index (χ2v) is 4.02. The average molecular weight is 221 g/mol. The highest BCUT2D eigenvalue weighted by molar-refractivity contribution is 7.17. The van der Waals surface area contributed by atoms with E-state index in [9.17, 15) is 4.79 Å². The minimum absolute atomic E-state index is 0.300. The number of carbonyl (C=O) groups is 1. The lowest BCUT2D eigenvalue weighted by Gasteiger charge is -2.00. The average Bonchev–Trinajstić information content (AvgIpc) is 2.70. The minimum Gasteiger partial charge on any atom is -0.465 e. The lowest BCUT2D eigenvalue weighted by atomic mass is 10.1. The predicted molar refractivity (Wildman–Crippen MR) is 61.1 cm³/mol. The first kappa shape index (κ1) is 10.1. The van der Waals surface area contributed by atoms with Gasteiger partial charge in [-0.1, -0.05) is 12.1 Å². The zero-order valence-corrected chi connectivity index (χ0v) is 9.14. The number of esters is 1. The quantitative estimate of drug-likeness (QED) is 0.790. The zero-order valence-electron chi connectivity index (χ0n) is 8.32. The third-order valence-corrected chi connectivity index (χ3v) is 3.38. The van der Waals surface area contributed by atoms with Crippen LogP contribution < -0.4 is 5.73 Å². The lowest BCUT2D eigenvalue weighted by Crippen LogP contribution is -2.01. The van der Waals surface area contributed by atoms with Gasteiger partial charge < -0.3 is 10.5 Å². The molecule has 0 aliphatic rings. The van der Waals surface area contributed by atoms with Gasteiger partial charge in [-0.05, 0) is 22.4 Å². The summed E-state index contributed by atoms with van der Waals surface area (Å²) in [6, 6.07) is 5.59. The smallest absolute Gasteiger partial charge is 0.339 e. The van der Waals surface area contributed by atoms with Gasteiger partial charge in [0.15, 0.2) is 0 Å². The molecular weight excluding hydrogens is 210 g/mol. The van der Waals surface area contributed by atoms with Gasteiger partial charge in [-0.3, -0.25) is 0 Å². The van der Waals surface area contributed by atoms with Gasteiger partial charge in [0.25, 0.3) is 0 Å². The van der Waals surface area contributed by atoms with Crippen LogP contribution in [-0.2, 0) is 11.3 Å². The highest BCUT2D eigenvalue weighted by Crippen LogP contribution is 2.29. The van der Waals surface area contributed by atoms with E-state index < -0.39 is 0 Å². The first-order valence-corrected chi connectivity index (χ1v) is 5.43. The molecule has 2 N–H and O–H groups in total. The van der Waals surface area contributed by atoms with Crippen molar-refractivity contribution in [2.24, 2.45) is 5.73 Å². The fraction of sp³-hybridized carbons (Fsp3) is 0.182. The molecule has 0 bridgehead atoms. The molecule has 0 radical (unpaired) electrons. The molecule has 2 rings (SSSR count). The highest BCUT2D eigenvalue weighted by atomic mass is 32.1. The van der Waals surface area contributed by atoms with Crippen LogP contribution in [0.25, 0.3) is 10.1 Å². The number of rotatable bonds is 2. The third kappa shape index (κ3) is 1.62. The second kappa shape index (κ2) is 4.00. The third-order valence-electron chi connectivity index (χ3n) is 2.31. The number of methoxy groups -OCH3 is 1. The monoisotopic (exact) mass is 221 g/mol. The number of fused-ring (bicyclic) bond motifs is 1. The maximum Gasteiger partial charge on any atom is 0.339 e. The van der Waals surface area contributed by atoms with Gasteiger partial charge in [-0.2, -0.15) is 0 Å². The molecule has 1 aromatic heterocycles. The summed E-state index contributed by atoms with van der Waals surface area (Å²) in [5.41, 5.74) is 7.29. The van der Waals surface area contributed by atoms with Gasteiger partial charge in [0, 0.05) is 11.2 Å². The van der Waals surface area contributed by atoms with Gasteiger partial charge in [0.05, 0.1) is 12.7 Å². The Morgan fingerprint density at radius 1 is 1.53 bits per heavy atom. The van der Waals surface area contributed by atoms with E-state index in [1.54, 1.807) is 6.07 Å².